The molecule has 4 nitrogen and oxygen atoms in total. The summed E-state index contributed by atoms with van der Waals surface area (Å²) in [4.78, 5) is 17.3. The van der Waals surface area contributed by atoms with Crippen molar-refractivity contribution in [1.82, 2.24) is 15.1 Å². The van der Waals surface area contributed by atoms with Crippen LogP contribution < -0.4 is 5.32 Å². The standard InChI is InChI=1S/C12H18BrN3OS/c1-15-5-6-16(2)9(8-15)7-14-12(17)10-3-4-11(13)18-10/h3-4,9H,5-8H2,1-2H3,(H,14,17). The molecule has 1 aromatic heterocycles. The van der Waals surface area contributed by atoms with Crippen LogP contribution in [0.1, 0.15) is 9.67 Å². The number of thiophene rings is 1. The van der Waals surface area contributed by atoms with Gasteiger partial charge in [-0.05, 0) is 42.2 Å². The number of amides is 1. The molecule has 0 aromatic carbocycles. The molecule has 0 saturated carbocycles. The summed E-state index contributed by atoms with van der Waals surface area (Å²) in [7, 11) is 4.24. The van der Waals surface area contributed by atoms with E-state index in [1.54, 1.807) is 0 Å². The van der Waals surface area contributed by atoms with Crippen LogP contribution >= 0.6 is 27.3 Å². The van der Waals surface area contributed by atoms with E-state index in [1.165, 1.54) is 11.3 Å². The third-order valence-corrected chi connectivity index (χ3v) is 4.90. The van der Waals surface area contributed by atoms with Gasteiger partial charge in [0.2, 0.25) is 0 Å². The van der Waals surface area contributed by atoms with Crippen molar-refractivity contribution in [3.8, 4) is 0 Å². The molecule has 1 unspecified atom stereocenters. The summed E-state index contributed by atoms with van der Waals surface area (Å²) in [5, 5.41) is 3.02. The summed E-state index contributed by atoms with van der Waals surface area (Å²) in [6.07, 6.45) is 0. The molecule has 18 heavy (non-hydrogen) atoms. The Morgan fingerprint density at radius 2 is 2.28 bits per heavy atom. The van der Waals surface area contributed by atoms with E-state index >= 15 is 0 Å². The summed E-state index contributed by atoms with van der Waals surface area (Å²) in [6, 6.07) is 4.15. The lowest BCUT2D eigenvalue weighted by Crippen LogP contribution is -2.54. The summed E-state index contributed by atoms with van der Waals surface area (Å²) >= 11 is 4.83. The van der Waals surface area contributed by atoms with Crippen molar-refractivity contribution >= 4 is 33.2 Å². The Bertz CT molecular complexity index is 423. The Balaban J connectivity index is 1.85. The number of likely N-dealkylation sites (N-methyl/N-ethyl adjacent to an activating group) is 2. The van der Waals surface area contributed by atoms with Crippen LogP contribution in [0.25, 0.3) is 0 Å². The Labute approximate surface area is 120 Å². The van der Waals surface area contributed by atoms with Crippen LogP contribution in [0.3, 0.4) is 0 Å². The van der Waals surface area contributed by atoms with Gasteiger partial charge in [-0.3, -0.25) is 9.69 Å². The van der Waals surface area contributed by atoms with E-state index in [0.717, 1.165) is 28.3 Å². The average Bonchev–Trinajstić information content (AvgIpc) is 2.77. The maximum Gasteiger partial charge on any atom is 0.261 e. The number of hydrogen-bond donors (Lipinski definition) is 1. The quantitative estimate of drug-likeness (QED) is 0.911. The minimum atomic E-state index is 0.0207. The molecule has 1 amide bonds. The highest BCUT2D eigenvalue weighted by molar-refractivity contribution is 9.11. The molecule has 1 aliphatic heterocycles. The van der Waals surface area contributed by atoms with Crippen LogP contribution in [0.15, 0.2) is 15.9 Å². The van der Waals surface area contributed by atoms with Crippen LogP contribution in [-0.4, -0.2) is 62.0 Å². The van der Waals surface area contributed by atoms with Gasteiger partial charge in [0.15, 0.2) is 0 Å². The molecule has 1 aromatic rings. The molecule has 0 radical (unpaired) electrons. The third kappa shape index (κ3) is 3.54. The van der Waals surface area contributed by atoms with E-state index in [4.69, 9.17) is 0 Å². The van der Waals surface area contributed by atoms with Gasteiger partial charge < -0.3 is 10.2 Å². The fourth-order valence-electron chi connectivity index (χ4n) is 2.06. The van der Waals surface area contributed by atoms with E-state index in [1.807, 2.05) is 12.1 Å². The molecule has 100 valence electrons. The molecule has 0 bridgehead atoms. The zero-order valence-corrected chi connectivity index (χ0v) is 13.1. The Morgan fingerprint density at radius 3 is 2.94 bits per heavy atom. The number of halogens is 1. The number of hydrogen-bond acceptors (Lipinski definition) is 4. The summed E-state index contributed by atoms with van der Waals surface area (Å²) in [5.74, 6) is 0.0207. The molecular weight excluding hydrogens is 314 g/mol. The van der Waals surface area contributed by atoms with Crippen molar-refractivity contribution in [2.24, 2.45) is 0 Å². The first-order valence-corrected chi connectivity index (χ1v) is 7.59. The molecule has 2 heterocycles. The van der Waals surface area contributed by atoms with E-state index < -0.39 is 0 Å². The SMILES string of the molecule is CN1CCN(C)C(CNC(=O)c2ccc(Br)s2)C1. The fourth-order valence-corrected chi connectivity index (χ4v) is 3.36. The molecular formula is C12H18BrN3OS. The Hall–Kier alpha value is -0.430. The van der Waals surface area contributed by atoms with E-state index in [2.05, 4.69) is 45.1 Å². The highest BCUT2D eigenvalue weighted by Crippen LogP contribution is 2.21. The van der Waals surface area contributed by atoms with Gasteiger partial charge in [-0.25, -0.2) is 0 Å². The average molecular weight is 332 g/mol. The van der Waals surface area contributed by atoms with Crippen molar-refractivity contribution < 1.29 is 4.79 Å². The zero-order valence-electron chi connectivity index (χ0n) is 10.6. The monoisotopic (exact) mass is 331 g/mol. The van der Waals surface area contributed by atoms with Crippen LogP contribution in [0.5, 0.6) is 0 Å². The van der Waals surface area contributed by atoms with Gasteiger partial charge in [-0.15, -0.1) is 11.3 Å². The first kappa shape index (κ1) is 14.0. The molecule has 0 spiro atoms. The van der Waals surface area contributed by atoms with Crippen LogP contribution in [0.4, 0.5) is 0 Å². The van der Waals surface area contributed by atoms with Crippen LogP contribution in [0, 0.1) is 0 Å². The minimum absolute atomic E-state index is 0.0207. The van der Waals surface area contributed by atoms with Gasteiger partial charge in [-0.1, -0.05) is 0 Å². The summed E-state index contributed by atoms with van der Waals surface area (Å²) in [5.41, 5.74) is 0. The summed E-state index contributed by atoms with van der Waals surface area (Å²) < 4.78 is 0.988. The Morgan fingerprint density at radius 1 is 1.50 bits per heavy atom. The van der Waals surface area contributed by atoms with Gasteiger partial charge in [0.05, 0.1) is 8.66 Å². The number of nitrogens with zero attached hydrogens (tertiary/aromatic N) is 2. The zero-order chi connectivity index (χ0) is 13.1. The van der Waals surface area contributed by atoms with Crippen molar-refractivity contribution in [1.29, 1.82) is 0 Å². The largest absolute Gasteiger partial charge is 0.350 e. The first-order valence-electron chi connectivity index (χ1n) is 5.98. The second kappa shape index (κ2) is 6.14. The minimum Gasteiger partial charge on any atom is -0.350 e. The fraction of sp³-hybridized carbons (Fsp3) is 0.583. The molecule has 1 aliphatic rings. The predicted octanol–water partition coefficient (Wildman–Crippen LogP) is 1.49. The van der Waals surface area contributed by atoms with Crippen LogP contribution in [0.2, 0.25) is 0 Å². The maximum absolute atomic E-state index is 11.9. The van der Waals surface area contributed by atoms with E-state index in [-0.39, 0.29) is 5.91 Å². The van der Waals surface area contributed by atoms with E-state index in [0.29, 0.717) is 12.6 Å². The van der Waals surface area contributed by atoms with Gasteiger partial charge in [0, 0.05) is 32.2 Å². The molecule has 0 aliphatic carbocycles. The van der Waals surface area contributed by atoms with Gasteiger partial charge in [0.25, 0.3) is 5.91 Å². The van der Waals surface area contributed by atoms with Gasteiger partial charge in [0.1, 0.15) is 0 Å². The normalized spacial score (nSPS) is 22.1. The number of piperazine rings is 1. The lowest BCUT2D eigenvalue weighted by molar-refractivity contribution is 0.0884. The second-order valence-corrected chi connectivity index (χ2v) is 7.17. The topological polar surface area (TPSA) is 35.6 Å². The molecule has 1 saturated heterocycles. The number of carbonyl (C=O) groups excluding carboxylic acids is 1. The summed E-state index contributed by atoms with van der Waals surface area (Å²) in [6.45, 7) is 3.86. The van der Waals surface area contributed by atoms with Crippen molar-refractivity contribution in [3.63, 3.8) is 0 Å². The molecule has 6 heteroatoms. The number of rotatable bonds is 3. The van der Waals surface area contributed by atoms with Gasteiger partial charge >= 0.3 is 0 Å². The third-order valence-electron chi connectivity index (χ3n) is 3.28. The van der Waals surface area contributed by atoms with Crippen molar-refractivity contribution in [3.05, 3.63) is 20.8 Å². The number of nitrogens with one attached hydrogen (secondary N) is 1. The lowest BCUT2D eigenvalue weighted by atomic mass is 10.2. The highest BCUT2D eigenvalue weighted by Gasteiger charge is 2.22. The van der Waals surface area contributed by atoms with Crippen molar-refractivity contribution in [2.75, 3.05) is 40.3 Å². The van der Waals surface area contributed by atoms with Gasteiger partial charge in [-0.2, -0.15) is 0 Å². The predicted molar refractivity (Wildman–Crippen MR) is 78.3 cm³/mol. The molecule has 1 atom stereocenters. The Kier molecular flexibility index (Phi) is 4.77. The maximum atomic E-state index is 11.9. The smallest absolute Gasteiger partial charge is 0.261 e. The first-order chi connectivity index (χ1) is 8.56. The van der Waals surface area contributed by atoms with Crippen LogP contribution in [-0.2, 0) is 0 Å². The van der Waals surface area contributed by atoms with Crippen molar-refractivity contribution in [2.45, 2.75) is 6.04 Å². The second-order valence-electron chi connectivity index (χ2n) is 4.71. The molecule has 1 N–H and O–H groups in total. The molecule has 1 fully saturated rings. The van der Waals surface area contributed by atoms with E-state index in [9.17, 15) is 4.79 Å². The molecule has 2 rings (SSSR count). The highest BCUT2D eigenvalue weighted by atomic mass is 79.9. The lowest BCUT2D eigenvalue weighted by Gasteiger charge is -2.37. The number of carbonyl (C=O) groups is 1.